The lowest BCUT2D eigenvalue weighted by molar-refractivity contribution is 0.282. The zero-order valence-electron chi connectivity index (χ0n) is 9.85. The molecule has 0 bridgehead atoms. The second-order valence-corrected chi connectivity index (χ2v) is 4.04. The third-order valence-corrected chi connectivity index (χ3v) is 2.56. The summed E-state index contributed by atoms with van der Waals surface area (Å²) >= 11 is 0. The molecule has 3 nitrogen and oxygen atoms in total. The van der Waals surface area contributed by atoms with Crippen LogP contribution < -0.4 is 5.32 Å². The maximum atomic E-state index is 9.04. The Bertz CT molecular complexity index is 480. The number of anilines is 1. The molecular weight excluding hydrogens is 212 g/mol. The van der Waals surface area contributed by atoms with Gasteiger partial charge in [0, 0.05) is 11.9 Å². The smallest absolute Gasteiger partial charge is 0.0682 e. The van der Waals surface area contributed by atoms with Crippen LogP contribution in [0.5, 0.6) is 0 Å². The van der Waals surface area contributed by atoms with E-state index in [-0.39, 0.29) is 6.61 Å². The van der Waals surface area contributed by atoms with Crippen molar-refractivity contribution in [1.82, 2.24) is 4.98 Å². The van der Waals surface area contributed by atoms with Crippen molar-refractivity contribution in [2.24, 2.45) is 0 Å². The first-order valence-corrected chi connectivity index (χ1v) is 5.63. The molecule has 0 radical (unpaired) electrons. The summed E-state index contributed by atoms with van der Waals surface area (Å²) in [6.07, 6.45) is 1.86. The predicted octanol–water partition coefficient (Wildman–Crippen LogP) is 2.49. The summed E-state index contributed by atoms with van der Waals surface area (Å²) < 4.78 is 0. The Morgan fingerprint density at radius 3 is 2.82 bits per heavy atom. The van der Waals surface area contributed by atoms with Crippen LogP contribution in [0.25, 0.3) is 0 Å². The Morgan fingerprint density at radius 1 is 1.24 bits per heavy atom. The predicted molar refractivity (Wildman–Crippen MR) is 68.7 cm³/mol. The van der Waals surface area contributed by atoms with Gasteiger partial charge in [-0.1, -0.05) is 18.2 Å². The van der Waals surface area contributed by atoms with Gasteiger partial charge in [0.05, 0.1) is 18.8 Å². The minimum Gasteiger partial charge on any atom is -0.392 e. The van der Waals surface area contributed by atoms with E-state index >= 15 is 0 Å². The Balaban J connectivity index is 1.99. The summed E-state index contributed by atoms with van der Waals surface area (Å²) in [7, 11) is 0. The van der Waals surface area contributed by atoms with Gasteiger partial charge in [0.25, 0.3) is 0 Å². The lowest BCUT2D eigenvalue weighted by Crippen LogP contribution is -2.01. The van der Waals surface area contributed by atoms with Gasteiger partial charge >= 0.3 is 0 Å². The Morgan fingerprint density at radius 2 is 2.12 bits per heavy atom. The van der Waals surface area contributed by atoms with Crippen molar-refractivity contribution in [2.75, 3.05) is 5.32 Å². The van der Waals surface area contributed by atoms with E-state index in [4.69, 9.17) is 5.11 Å². The Labute approximate surface area is 101 Å². The second-order valence-electron chi connectivity index (χ2n) is 4.04. The van der Waals surface area contributed by atoms with Crippen LogP contribution >= 0.6 is 0 Å². The first-order valence-electron chi connectivity index (χ1n) is 5.63. The number of aromatic nitrogens is 1. The molecule has 0 aliphatic heterocycles. The highest BCUT2D eigenvalue weighted by molar-refractivity contribution is 5.45. The molecule has 3 heteroatoms. The van der Waals surface area contributed by atoms with Crippen LogP contribution in [0.2, 0.25) is 0 Å². The average molecular weight is 228 g/mol. The molecule has 0 spiro atoms. The van der Waals surface area contributed by atoms with Gasteiger partial charge in [-0.15, -0.1) is 0 Å². The van der Waals surface area contributed by atoms with Gasteiger partial charge in [-0.25, -0.2) is 0 Å². The summed E-state index contributed by atoms with van der Waals surface area (Å²) in [5, 5.41) is 12.3. The van der Waals surface area contributed by atoms with Crippen molar-refractivity contribution in [2.45, 2.75) is 20.1 Å². The van der Waals surface area contributed by atoms with E-state index in [1.165, 1.54) is 0 Å². The number of nitrogens with one attached hydrogen (secondary N) is 1. The fraction of sp³-hybridized carbons (Fsp3) is 0.214. The van der Waals surface area contributed by atoms with Crippen LogP contribution in [0, 0.1) is 6.92 Å². The molecule has 0 aliphatic rings. The number of rotatable bonds is 4. The van der Waals surface area contributed by atoms with Crippen molar-refractivity contribution >= 4 is 5.69 Å². The zero-order chi connectivity index (χ0) is 12.1. The molecule has 1 heterocycles. The topological polar surface area (TPSA) is 45.1 Å². The first kappa shape index (κ1) is 11.6. The van der Waals surface area contributed by atoms with Crippen molar-refractivity contribution in [3.8, 4) is 0 Å². The highest BCUT2D eigenvalue weighted by Gasteiger charge is 1.96. The fourth-order valence-electron chi connectivity index (χ4n) is 1.58. The number of aliphatic hydroxyl groups is 1. The molecule has 0 atom stereocenters. The average Bonchev–Trinajstić information content (AvgIpc) is 2.38. The van der Waals surface area contributed by atoms with E-state index in [9.17, 15) is 0 Å². The van der Waals surface area contributed by atoms with E-state index in [1.807, 2.05) is 49.5 Å². The highest BCUT2D eigenvalue weighted by Crippen LogP contribution is 2.11. The zero-order valence-corrected chi connectivity index (χ0v) is 9.85. The Kier molecular flexibility index (Phi) is 3.73. The number of pyridine rings is 1. The molecule has 88 valence electrons. The fourth-order valence-corrected chi connectivity index (χ4v) is 1.58. The van der Waals surface area contributed by atoms with Crippen LogP contribution in [0.4, 0.5) is 5.69 Å². The van der Waals surface area contributed by atoms with E-state index in [1.54, 1.807) is 0 Å². The molecular formula is C14H16N2O. The lowest BCUT2D eigenvalue weighted by atomic mass is 10.2. The summed E-state index contributed by atoms with van der Waals surface area (Å²) in [4.78, 5) is 4.32. The summed E-state index contributed by atoms with van der Waals surface area (Å²) in [6, 6.07) is 11.8. The van der Waals surface area contributed by atoms with Crippen LogP contribution in [-0.4, -0.2) is 10.1 Å². The SMILES string of the molecule is Cc1ccc(CNc2cccc(CO)c2)nc1. The molecule has 2 N–H and O–H groups in total. The molecule has 2 aromatic rings. The van der Waals surface area contributed by atoms with E-state index in [2.05, 4.69) is 10.3 Å². The van der Waals surface area contributed by atoms with Crippen molar-refractivity contribution in [3.63, 3.8) is 0 Å². The summed E-state index contributed by atoms with van der Waals surface area (Å²) in [6.45, 7) is 2.78. The van der Waals surface area contributed by atoms with Crippen LogP contribution in [-0.2, 0) is 13.2 Å². The monoisotopic (exact) mass is 228 g/mol. The van der Waals surface area contributed by atoms with Crippen molar-refractivity contribution in [3.05, 3.63) is 59.4 Å². The van der Waals surface area contributed by atoms with Gasteiger partial charge in [0.1, 0.15) is 0 Å². The number of benzene rings is 1. The van der Waals surface area contributed by atoms with Crippen LogP contribution in [0.3, 0.4) is 0 Å². The second kappa shape index (κ2) is 5.46. The van der Waals surface area contributed by atoms with Crippen molar-refractivity contribution < 1.29 is 5.11 Å². The Hall–Kier alpha value is -1.87. The molecule has 1 aromatic heterocycles. The van der Waals surface area contributed by atoms with Gasteiger partial charge in [0.15, 0.2) is 0 Å². The highest BCUT2D eigenvalue weighted by atomic mass is 16.3. The summed E-state index contributed by atoms with van der Waals surface area (Å²) in [5.41, 5.74) is 4.08. The van der Waals surface area contributed by atoms with E-state index in [0.717, 1.165) is 22.5 Å². The quantitative estimate of drug-likeness (QED) is 0.845. The van der Waals surface area contributed by atoms with Gasteiger partial charge in [-0.05, 0) is 36.2 Å². The molecule has 0 unspecified atom stereocenters. The number of hydrogen-bond donors (Lipinski definition) is 2. The molecule has 0 saturated heterocycles. The molecule has 17 heavy (non-hydrogen) atoms. The first-order chi connectivity index (χ1) is 8.28. The van der Waals surface area contributed by atoms with Crippen LogP contribution in [0.15, 0.2) is 42.6 Å². The summed E-state index contributed by atoms with van der Waals surface area (Å²) in [5.74, 6) is 0. The minimum atomic E-state index is 0.0678. The molecule has 1 aromatic carbocycles. The number of aliphatic hydroxyl groups excluding tert-OH is 1. The van der Waals surface area contributed by atoms with Gasteiger partial charge in [-0.2, -0.15) is 0 Å². The molecule has 0 aliphatic carbocycles. The third kappa shape index (κ3) is 3.29. The molecule has 0 amide bonds. The standard InChI is InChI=1S/C14H16N2O/c1-11-5-6-14(15-8-11)9-16-13-4-2-3-12(7-13)10-17/h2-8,16-17H,9-10H2,1H3. The van der Waals surface area contributed by atoms with E-state index in [0.29, 0.717) is 6.54 Å². The van der Waals surface area contributed by atoms with E-state index < -0.39 is 0 Å². The van der Waals surface area contributed by atoms with Crippen LogP contribution in [0.1, 0.15) is 16.8 Å². The maximum Gasteiger partial charge on any atom is 0.0682 e. The molecule has 0 saturated carbocycles. The molecule has 2 rings (SSSR count). The number of nitrogens with zero attached hydrogens (tertiary/aromatic N) is 1. The third-order valence-electron chi connectivity index (χ3n) is 2.56. The maximum absolute atomic E-state index is 9.04. The van der Waals surface area contributed by atoms with Gasteiger partial charge < -0.3 is 10.4 Å². The molecule has 0 fully saturated rings. The number of aryl methyl sites for hydroxylation is 1. The largest absolute Gasteiger partial charge is 0.392 e. The van der Waals surface area contributed by atoms with Crippen molar-refractivity contribution in [1.29, 1.82) is 0 Å². The normalized spacial score (nSPS) is 10.2. The minimum absolute atomic E-state index is 0.0678. The lowest BCUT2D eigenvalue weighted by Gasteiger charge is -2.07. The van der Waals surface area contributed by atoms with Gasteiger partial charge in [0.2, 0.25) is 0 Å². The number of hydrogen-bond acceptors (Lipinski definition) is 3. The van der Waals surface area contributed by atoms with Gasteiger partial charge in [-0.3, -0.25) is 4.98 Å².